The molecule has 1 aliphatic rings. The van der Waals surface area contributed by atoms with Crippen molar-refractivity contribution in [2.75, 3.05) is 32.8 Å². The molecule has 3 nitrogen and oxygen atoms in total. The van der Waals surface area contributed by atoms with Gasteiger partial charge in [0.05, 0.1) is 10.0 Å². The van der Waals surface area contributed by atoms with E-state index >= 15 is 0 Å². The van der Waals surface area contributed by atoms with Gasteiger partial charge in [0.25, 0.3) is 5.92 Å². The first-order chi connectivity index (χ1) is 9.88. The lowest BCUT2D eigenvalue weighted by Crippen LogP contribution is -2.51. The molecule has 1 fully saturated rings. The molecule has 1 aromatic rings. The first-order valence-corrected chi connectivity index (χ1v) is 7.58. The number of alkyl halides is 2. The number of halogens is 5. The third-order valence-corrected chi connectivity index (χ3v) is 4.63. The zero-order valence-corrected chi connectivity index (χ0v) is 13.3. The highest BCUT2D eigenvalue weighted by Crippen LogP contribution is 2.44. The number of benzene rings is 1. The maximum Gasteiger partial charge on any atom is 0.290 e. The molecule has 0 radical (unpaired) electrons. The Kier molecular flexibility index (Phi) is 5.68. The third-order valence-electron chi connectivity index (χ3n) is 3.48. The van der Waals surface area contributed by atoms with Gasteiger partial charge in [-0.1, -0.05) is 34.8 Å². The van der Waals surface area contributed by atoms with Crippen molar-refractivity contribution in [1.29, 1.82) is 0 Å². The second-order valence-electron chi connectivity index (χ2n) is 4.86. The molecule has 1 heterocycles. The smallest absolute Gasteiger partial charge is 0.290 e. The van der Waals surface area contributed by atoms with Crippen LogP contribution in [0.15, 0.2) is 12.1 Å². The van der Waals surface area contributed by atoms with Crippen molar-refractivity contribution >= 4 is 34.8 Å². The summed E-state index contributed by atoms with van der Waals surface area (Å²) in [6.07, 6.45) is 0. The summed E-state index contributed by atoms with van der Waals surface area (Å²) < 4.78 is 28.6. The van der Waals surface area contributed by atoms with Crippen LogP contribution in [0.25, 0.3) is 0 Å². The van der Waals surface area contributed by atoms with E-state index in [1.54, 1.807) is 4.90 Å². The molecule has 8 heteroatoms. The summed E-state index contributed by atoms with van der Waals surface area (Å²) in [4.78, 5) is 1.57. The standard InChI is InChI=1S/C13H15Cl3F2N2O/c14-8-1-2-9(15)11(16)10(8)12(13(17,18)7-21)20-5-3-19-4-6-20/h1-2,12,19,21H,3-7H2/t12-/m0/s1. The van der Waals surface area contributed by atoms with Crippen molar-refractivity contribution in [3.8, 4) is 0 Å². The average molecular weight is 360 g/mol. The molecule has 2 rings (SSSR count). The van der Waals surface area contributed by atoms with E-state index in [0.717, 1.165) is 0 Å². The summed E-state index contributed by atoms with van der Waals surface area (Å²) in [6.45, 7) is 0.668. The van der Waals surface area contributed by atoms with E-state index in [1.165, 1.54) is 12.1 Å². The lowest BCUT2D eigenvalue weighted by atomic mass is 9.98. The van der Waals surface area contributed by atoms with Crippen LogP contribution in [0, 0.1) is 0 Å². The molecule has 118 valence electrons. The Bertz CT molecular complexity index is 510. The van der Waals surface area contributed by atoms with Gasteiger partial charge in [-0.15, -0.1) is 0 Å². The van der Waals surface area contributed by atoms with Gasteiger partial charge in [0, 0.05) is 36.8 Å². The van der Waals surface area contributed by atoms with Crippen molar-refractivity contribution < 1.29 is 13.9 Å². The molecule has 2 N–H and O–H groups in total. The molecule has 1 atom stereocenters. The van der Waals surface area contributed by atoms with Gasteiger partial charge in [-0.25, -0.2) is 8.78 Å². The molecule has 0 amide bonds. The number of aliphatic hydroxyl groups excluding tert-OH is 1. The zero-order chi connectivity index (χ0) is 15.6. The average Bonchev–Trinajstić information content (AvgIpc) is 2.48. The Morgan fingerprint density at radius 1 is 1.19 bits per heavy atom. The van der Waals surface area contributed by atoms with Crippen molar-refractivity contribution in [3.63, 3.8) is 0 Å². The van der Waals surface area contributed by atoms with Crippen LogP contribution in [-0.4, -0.2) is 48.7 Å². The van der Waals surface area contributed by atoms with E-state index in [0.29, 0.717) is 26.2 Å². The number of rotatable bonds is 4. The van der Waals surface area contributed by atoms with Gasteiger partial charge < -0.3 is 10.4 Å². The Hall–Kier alpha value is -0.170. The van der Waals surface area contributed by atoms with Gasteiger partial charge in [0.15, 0.2) is 0 Å². The van der Waals surface area contributed by atoms with Gasteiger partial charge in [0.2, 0.25) is 0 Å². The quantitative estimate of drug-likeness (QED) is 0.810. The van der Waals surface area contributed by atoms with E-state index < -0.39 is 18.6 Å². The van der Waals surface area contributed by atoms with E-state index in [9.17, 15) is 8.78 Å². The number of hydrogen-bond acceptors (Lipinski definition) is 3. The van der Waals surface area contributed by atoms with E-state index in [1.807, 2.05) is 0 Å². The normalized spacial score (nSPS) is 18.8. The predicted octanol–water partition coefficient (Wildman–Crippen LogP) is 3.22. The van der Waals surface area contributed by atoms with E-state index in [-0.39, 0.29) is 20.6 Å². The Morgan fingerprint density at radius 3 is 2.33 bits per heavy atom. The first-order valence-electron chi connectivity index (χ1n) is 6.45. The van der Waals surface area contributed by atoms with Crippen molar-refractivity contribution in [1.82, 2.24) is 10.2 Å². The third kappa shape index (κ3) is 3.60. The number of nitrogens with one attached hydrogen (secondary N) is 1. The largest absolute Gasteiger partial charge is 0.390 e. The van der Waals surface area contributed by atoms with Crippen molar-refractivity contribution in [3.05, 3.63) is 32.8 Å². The monoisotopic (exact) mass is 358 g/mol. The molecule has 0 bridgehead atoms. The summed E-state index contributed by atoms with van der Waals surface area (Å²) in [5, 5.41) is 12.5. The van der Waals surface area contributed by atoms with Gasteiger partial charge in [0.1, 0.15) is 12.6 Å². The minimum atomic E-state index is -3.38. The molecular weight excluding hydrogens is 345 g/mol. The Morgan fingerprint density at radius 2 is 1.76 bits per heavy atom. The summed E-state index contributed by atoms with van der Waals surface area (Å²) in [5.41, 5.74) is 0.0618. The SMILES string of the molecule is OCC(F)(F)[C@H](c1c(Cl)ccc(Cl)c1Cl)N1CCNCC1. The summed E-state index contributed by atoms with van der Waals surface area (Å²) in [6, 6.07) is 1.48. The topological polar surface area (TPSA) is 35.5 Å². The molecule has 0 unspecified atom stereocenters. The molecule has 1 aromatic carbocycles. The fourth-order valence-electron chi connectivity index (χ4n) is 2.48. The number of nitrogens with zero attached hydrogens (tertiary/aromatic N) is 1. The molecule has 0 aliphatic carbocycles. The van der Waals surface area contributed by atoms with Gasteiger partial charge >= 0.3 is 0 Å². The minimum absolute atomic E-state index is 0.000763. The minimum Gasteiger partial charge on any atom is -0.390 e. The highest BCUT2D eigenvalue weighted by molar-refractivity contribution is 6.44. The van der Waals surface area contributed by atoms with Crippen molar-refractivity contribution in [2.45, 2.75) is 12.0 Å². The van der Waals surface area contributed by atoms with Gasteiger partial charge in [-0.3, -0.25) is 4.90 Å². The van der Waals surface area contributed by atoms with Crippen molar-refractivity contribution in [2.24, 2.45) is 0 Å². The lowest BCUT2D eigenvalue weighted by molar-refractivity contribution is -0.118. The molecule has 21 heavy (non-hydrogen) atoms. The van der Waals surface area contributed by atoms with Crippen LogP contribution >= 0.6 is 34.8 Å². The highest BCUT2D eigenvalue weighted by Gasteiger charge is 2.46. The number of aliphatic hydroxyl groups is 1. The highest BCUT2D eigenvalue weighted by atomic mass is 35.5. The molecular formula is C13H15Cl3F2N2O. The van der Waals surface area contributed by atoms with Gasteiger partial charge in [-0.2, -0.15) is 0 Å². The summed E-state index contributed by atoms with van der Waals surface area (Å²) in [7, 11) is 0. The predicted molar refractivity (Wildman–Crippen MR) is 80.7 cm³/mol. The molecule has 1 aliphatic heterocycles. The molecule has 0 aromatic heterocycles. The molecule has 1 saturated heterocycles. The summed E-state index contributed by atoms with van der Waals surface area (Å²) >= 11 is 18.1. The van der Waals surface area contributed by atoms with Crippen LogP contribution < -0.4 is 5.32 Å². The van der Waals surface area contributed by atoms with Crippen LogP contribution in [0.3, 0.4) is 0 Å². The first kappa shape index (κ1) is 17.2. The van der Waals surface area contributed by atoms with Crippen LogP contribution in [-0.2, 0) is 0 Å². The molecule has 0 saturated carbocycles. The van der Waals surface area contributed by atoms with Gasteiger partial charge in [-0.05, 0) is 12.1 Å². The Balaban J connectivity index is 2.52. The number of piperazine rings is 1. The van der Waals surface area contributed by atoms with Crippen LogP contribution in [0.2, 0.25) is 15.1 Å². The summed E-state index contributed by atoms with van der Waals surface area (Å²) in [5.74, 6) is -3.38. The van der Waals surface area contributed by atoms with Crippen LogP contribution in [0.4, 0.5) is 8.78 Å². The Labute approximate surface area is 136 Å². The second-order valence-corrected chi connectivity index (χ2v) is 6.06. The second kappa shape index (κ2) is 6.94. The van der Waals surface area contributed by atoms with E-state index in [2.05, 4.69) is 5.32 Å². The fraction of sp³-hybridized carbons (Fsp3) is 0.538. The fourth-order valence-corrected chi connectivity index (χ4v) is 3.22. The maximum absolute atomic E-state index is 14.3. The van der Waals surface area contributed by atoms with Crippen LogP contribution in [0.5, 0.6) is 0 Å². The lowest BCUT2D eigenvalue weighted by Gasteiger charge is -2.39. The molecule has 0 spiro atoms. The van der Waals surface area contributed by atoms with Crippen LogP contribution in [0.1, 0.15) is 11.6 Å². The zero-order valence-electron chi connectivity index (χ0n) is 11.1. The maximum atomic E-state index is 14.3. The number of hydrogen-bond donors (Lipinski definition) is 2. The van der Waals surface area contributed by atoms with E-state index in [4.69, 9.17) is 39.9 Å².